The van der Waals surface area contributed by atoms with Gasteiger partial charge in [0, 0.05) is 48.7 Å². The summed E-state index contributed by atoms with van der Waals surface area (Å²) >= 11 is 0. The van der Waals surface area contributed by atoms with Crippen LogP contribution in [0.3, 0.4) is 0 Å². The fraction of sp³-hybridized carbons (Fsp3) is 0.565. The third-order valence-electron chi connectivity index (χ3n) is 7.25. The van der Waals surface area contributed by atoms with Gasteiger partial charge in [-0.1, -0.05) is 12.1 Å². The molecule has 28 heavy (non-hydrogen) atoms. The van der Waals surface area contributed by atoms with Crippen molar-refractivity contribution in [1.82, 2.24) is 14.8 Å². The highest BCUT2D eigenvalue weighted by Crippen LogP contribution is 2.45. The van der Waals surface area contributed by atoms with Crippen molar-refractivity contribution < 1.29 is 4.79 Å². The molecule has 3 aliphatic rings. The number of rotatable bonds is 3. The minimum atomic E-state index is -0.491. The van der Waals surface area contributed by atoms with E-state index < -0.39 is 5.92 Å². The standard InChI is InChI=1S/C23H28N4O/c1-26-14-15(9-16(12-24)23(28)27-7-2-3-8-27)10-19-18-5-4-6-20-22(18)17(13-25-20)11-21(19)26/h4-6,13,15-16,19,21,25H,2-3,7-11,14H2,1H3/t15-,16?,19-,21-/m1/s1. The van der Waals surface area contributed by atoms with Crippen LogP contribution in [0.15, 0.2) is 24.4 Å². The molecule has 5 nitrogen and oxygen atoms in total. The summed E-state index contributed by atoms with van der Waals surface area (Å²) in [6.07, 6.45) is 7.16. The average Bonchev–Trinajstić information content (AvgIpc) is 3.38. The Kier molecular flexibility index (Phi) is 4.40. The van der Waals surface area contributed by atoms with E-state index >= 15 is 0 Å². The zero-order valence-corrected chi connectivity index (χ0v) is 16.5. The van der Waals surface area contributed by atoms with Crippen LogP contribution < -0.4 is 0 Å². The van der Waals surface area contributed by atoms with Gasteiger partial charge in [0.25, 0.3) is 0 Å². The fourth-order valence-corrected chi connectivity index (χ4v) is 5.92. The lowest BCUT2D eigenvalue weighted by Crippen LogP contribution is -2.48. The molecule has 5 heteroatoms. The van der Waals surface area contributed by atoms with Crippen molar-refractivity contribution in [3.05, 3.63) is 35.5 Å². The molecule has 1 amide bonds. The maximum absolute atomic E-state index is 12.8. The molecule has 1 N–H and O–H groups in total. The van der Waals surface area contributed by atoms with E-state index in [-0.39, 0.29) is 5.91 Å². The monoisotopic (exact) mass is 376 g/mol. The van der Waals surface area contributed by atoms with E-state index in [9.17, 15) is 10.1 Å². The van der Waals surface area contributed by atoms with Crippen LogP contribution in [0, 0.1) is 23.2 Å². The summed E-state index contributed by atoms with van der Waals surface area (Å²) in [4.78, 5) is 20.6. The third-order valence-corrected chi connectivity index (χ3v) is 7.25. The Morgan fingerprint density at radius 1 is 1.36 bits per heavy atom. The second-order valence-corrected chi connectivity index (χ2v) is 8.95. The Bertz CT molecular complexity index is 936. The van der Waals surface area contributed by atoms with E-state index in [4.69, 9.17) is 0 Å². The van der Waals surface area contributed by atoms with E-state index in [1.807, 2.05) is 4.90 Å². The Hall–Kier alpha value is -2.32. The molecule has 1 aliphatic carbocycles. The number of likely N-dealkylation sites (N-methyl/N-ethyl adjacent to an activating group) is 1. The predicted octanol–water partition coefficient (Wildman–Crippen LogP) is 3.28. The van der Waals surface area contributed by atoms with Crippen molar-refractivity contribution in [3.63, 3.8) is 0 Å². The highest BCUT2D eigenvalue weighted by Gasteiger charge is 2.40. The number of carbonyl (C=O) groups is 1. The minimum Gasteiger partial charge on any atom is -0.361 e. The number of H-pyrrole nitrogens is 1. The van der Waals surface area contributed by atoms with Crippen LogP contribution in [0.4, 0.5) is 0 Å². The summed E-state index contributed by atoms with van der Waals surface area (Å²) in [5.74, 6) is 0.439. The summed E-state index contributed by atoms with van der Waals surface area (Å²) in [6.45, 7) is 2.62. The summed E-state index contributed by atoms with van der Waals surface area (Å²) in [6, 6.07) is 9.44. The zero-order chi connectivity index (χ0) is 19.3. The SMILES string of the molecule is CN1C[C@H](CC(C#N)C(=O)N2CCCC2)C[C@@H]2c3cccc4[nH]cc(c34)C[C@H]21. The molecule has 0 bridgehead atoms. The maximum Gasteiger partial charge on any atom is 0.239 e. The van der Waals surface area contributed by atoms with Crippen LogP contribution >= 0.6 is 0 Å². The first-order valence-corrected chi connectivity index (χ1v) is 10.6. The molecule has 1 aromatic carbocycles. The number of hydrogen-bond acceptors (Lipinski definition) is 3. The summed E-state index contributed by atoms with van der Waals surface area (Å²) in [5.41, 5.74) is 4.10. The van der Waals surface area contributed by atoms with Crippen molar-refractivity contribution in [2.75, 3.05) is 26.7 Å². The highest BCUT2D eigenvalue weighted by molar-refractivity contribution is 5.88. The molecule has 1 aromatic heterocycles. The van der Waals surface area contributed by atoms with Crippen molar-refractivity contribution in [3.8, 4) is 6.07 Å². The molecule has 146 valence electrons. The maximum atomic E-state index is 12.8. The Balaban J connectivity index is 1.38. The molecule has 2 saturated heterocycles. The quantitative estimate of drug-likeness (QED) is 0.894. The number of amides is 1. The molecule has 0 spiro atoms. The number of nitrogens with zero attached hydrogens (tertiary/aromatic N) is 3. The van der Waals surface area contributed by atoms with E-state index in [2.05, 4.69) is 47.4 Å². The molecule has 0 saturated carbocycles. The molecular formula is C23H28N4O. The van der Waals surface area contributed by atoms with Crippen molar-refractivity contribution in [1.29, 1.82) is 5.26 Å². The average molecular weight is 377 g/mol. The second-order valence-electron chi connectivity index (χ2n) is 8.95. The van der Waals surface area contributed by atoms with Gasteiger partial charge in [0.2, 0.25) is 5.91 Å². The molecule has 2 aromatic rings. The fourth-order valence-electron chi connectivity index (χ4n) is 5.92. The number of aromatic amines is 1. The summed E-state index contributed by atoms with van der Waals surface area (Å²) in [7, 11) is 2.21. The van der Waals surface area contributed by atoms with Crippen LogP contribution in [0.2, 0.25) is 0 Å². The van der Waals surface area contributed by atoms with Gasteiger partial charge in [-0.25, -0.2) is 0 Å². The minimum absolute atomic E-state index is 0.0587. The normalized spacial score (nSPS) is 28.1. The number of carbonyl (C=O) groups excluding carboxylic acids is 1. The van der Waals surface area contributed by atoms with Crippen molar-refractivity contribution in [2.45, 2.75) is 44.1 Å². The Morgan fingerprint density at radius 2 is 2.18 bits per heavy atom. The lowest BCUT2D eigenvalue weighted by molar-refractivity contribution is -0.133. The number of fused-ring (bicyclic) bond motifs is 2. The lowest BCUT2D eigenvalue weighted by Gasteiger charge is -2.46. The molecular weight excluding hydrogens is 348 g/mol. The van der Waals surface area contributed by atoms with Gasteiger partial charge in [-0.15, -0.1) is 0 Å². The van der Waals surface area contributed by atoms with Gasteiger partial charge >= 0.3 is 0 Å². The molecule has 2 fully saturated rings. The topological polar surface area (TPSA) is 63.1 Å². The van der Waals surface area contributed by atoms with Crippen molar-refractivity contribution in [2.24, 2.45) is 11.8 Å². The van der Waals surface area contributed by atoms with Crippen molar-refractivity contribution >= 4 is 16.8 Å². The number of nitriles is 1. The largest absolute Gasteiger partial charge is 0.361 e. The number of likely N-dealkylation sites (tertiary alicyclic amines) is 2. The third kappa shape index (κ3) is 2.82. The van der Waals surface area contributed by atoms with Gasteiger partial charge in [0.1, 0.15) is 5.92 Å². The molecule has 5 rings (SSSR count). The molecule has 3 heterocycles. The van der Waals surface area contributed by atoms with Crippen LogP contribution in [0.5, 0.6) is 0 Å². The lowest BCUT2D eigenvalue weighted by atomic mass is 9.71. The Morgan fingerprint density at radius 3 is 2.96 bits per heavy atom. The summed E-state index contributed by atoms with van der Waals surface area (Å²) in [5, 5.41) is 11.1. The first-order chi connectivity index (χ1) is 13.7. The van der Waals surface area contributed by atoms with Gasteiger partial charge in [-0.2, -0.15) is 5.26 Å². The second kappa shape index (κ2) is 6.93. The van der Waals surface area contributed by atoms with E-state index in [0.717, 1.165) is 45.3 Å². The van der Waals surface area contributed by atoms with E-state index in [0.29, 0.717) is 24.3 Å². The van der Waals surface area contributed by atoms with Crippen LogP contribution in [0.25, 0.3) is 10.9 Å². The zero-order valence-electron chi connectivity index (χ0n) is 16.5. The predicted molar refractivity (Wildman–Crippen MR) is 109 cm³/mol. The van der Waals surface area contributed by atoms with Gasteiger partial charge in [0.05, 0.1) is 6.07 Å². The molecule has 4 atom stereocenters. The first kappa shape index (κ1) is 17.8. The smallest absolute Gasteiger partial charge is 0.239 e. The number of hydrogen-bond donors (Lipinski definition) is 1. The molecule has 2 aliphatic heterocycles. The number of piperidine rings is 1. The highest BCUT2D eigenvalue weighted by atomic mass is 16.2. The number of nitrogens with one attached hydrogen (secondary N) is 1. The van der Waals surface area contributed by atoms with Crippen LogP contribution in [0.1, 0.15) is 42.7 Å². The van der Waals surface area contributed by atoms with Gasteiger partial charge in [-0.05, 0) is 62.3 Å². The van der Waals surface area contributed by atoms with E-state index in [1.54, 1.807) is 0 Å². The Labute approximate surface area is 166 Å². The molecule has 1 unspecified atom stereocenters. The van der Waals surface area contributed by atoms with Gasteiger partial charge < -0.3 is 14.8 Å². The van der Waals surface area contributed by atoms with Crippen LogP contribution in [-0.2, 0) is 11.2 Å². The molecule has 0 radical (unpaired) electrons. The van der Waals surface area contributed by atoms with Crippen LogP contribution in [-0.4, -0.2) is 53.4 Å². The first-order valence-electron chi connectivity index (χ1n) is 10.6. The van der Waals surface area contributed by atoms with Gasteiger partial charge in [-0.3, -0.25) is 4.79 Å². The van der Waals surface area contributed by atoms with Gasteiger partial charge in [0.15, 0.2) is 0 Å². The number of aromatic nitrogens is 1. The summed E-state index contributed by atoms with van der Waals surface area (Å²) < 4.78 is 0. The van der Waals surface area contributed by atoms with E-state index in [1.165, 1.54) is 22.0 Å². The number of benzene rings is 1.